The van der Waals surface area contributed by atoms with Crippen molar-refractivity contribution >= 4 is 19.3 Å². The molecule has 0 aliphatic carbocycles. The molecule has 0 spiro atoms. The van der Waals surface area contributed by atoms with E-state index in [-0.39, 0.29) is 0 Å². The molecule has 0 aromatic heterocycles. The minimum absolute atomic E-state index is 0.330. The molecule has 2 atom stereocenters. The highest BCUT2D eigenvalue weighted by molar-refractivity contribution is 6.54. The van der Waals surface area contributed by atoms with Crippen molar-refractivity contribution in [3.05, 3.63) is 11.7 Å². The maximum atomic E-state index is 13.4. The highest BCUT2D eigenvalue weighted by atomic mass is 19.3. The molecule has 0 aromatic rings. The molecule has 0 bridgehead atoms. The van der Waals surface area contributed by atoms with Crippen molar-refractivity contribution in [1.29, 1.82) is 0 Å². The molecule has 1 aliphatic heterocycles. The molecule has 1 heterocycles. The van der Waals surface area contributed by atoms with Crippen molar-refractivity contribution in [3.8, 4) is 0 Å². The Bertz CT molecular complexity index is 565. The van der Waals surface area contributed by atoms with Crippen LogP contribution in [-0.2, 0) is 9.31 Å². The fourth-order valence-electron chi connectivity index (χ4n) is 2.53. The lowest BCUT2D eigenvalue weighted by molar-refractivity contribution is -0.0118. The number of aliphatic imine (C=N–C) groups is 2. The number of halogens is 2. The van der Waals surface area contributed by atoms with Crippen LogP contribution in [0, 0.1) is 5.92 Å². The van der Waals surface area contributed by atoms with Gasteiger partial charge in [-0.1, -0.05) is 20.8 Å². The fraction of sp³-hybridized carbons (Fsp3) is 0.778. The first-order valence-corrected chi connectivity index (χ1v) is 9.08. The second-order valence-corrected chi connectivity index (χ2v) is 7.52. The van der Waals surface area contributed by atoms with Gasteiger partial charge < -0.3 is 14.2 Å². The van der Waals surface area contributed by atoms with E-state index in [1.54, 1.807) is 11.2 Å². The molecular formula is C18H32BF2N3O2. The van der Waals surface area contributed by atoms with Crippen LogP contribution in [0.5, 0.6) is 0 Å². The van der Waals surface area contributed by atoms with Crippen molar-refractivity contribution in [2.24, 2.45) is 15.9 Å². The first-order valence-electron chi connectivity index (χ1n) is 9.08. The lowest BCUT2D eigenvalue weighted by Crippen LogP contribution is -2.44. The summed E-state index contributed by atoms with van der Waals surface area (Å²) in [5.74, 6) is -0.483. The van der Waals surface area contributed by atoms with Gasteiger partial charge in [0.2, 0.25) is 6.43 Å². The second kappa shape index (κ2) is 9.08. The molecule has 0 radical (unpaired) electrons. The van der Waals surface area contributed by atoms with Gasteiger partial charge in [-0.2, -0.15) is 0 Å². The van der Waals surface area contributed by atoms with Crippen LogP contribution in [0.2, 0.25) is 0 Å². The average molecular weight is 371 g/mol. The molecule has 26 heavy (non-hydrogen) atoms. The summed E-state index contributed by atoms with van der Waals surface area (Å²) in [6.45, 7) is 11.2. The molecule has 5 nitrogen and oxygen atoms in total. The van der Waals surface area contributed by atoms with E-state index in [0.29, 0.717) is 24.1 Å². The van der Waals surface area contributed by atoms with Gasteiger partial charge in [0, 0.05) is 32.6 Å². The predicted octanol–water partition coefficient (Wildman–Crippen LogP) is 4.19. The third-order valence-electron chi connectivity index (χ3n) is 5.01. The largest absolute Gasteiger partial charge is 0.492 e. The van der Waals surface area contributed by atoms with Crippen LogP contribution in [0.1, 0.15) is 54.4 Å². The molecule has 0 aromatic carbocycles. The summed E-state index contributed by atoms with van der Waals surface area (Å²) in [7, 11) is 2.86. The number of allylic oxidation sites excluding steroid dienone is 1. The smallest absolute Gasteiger partial charge is 0.400 e. The highest BCUT2D eigenvalue weighted by Crippen LogP contribution is 2.42. The predicted molar refractivity (Wildman–Crippen MR) is 104 cm³/mol. The van der Waals surface area contributed by atoms with Crippen molar-refractivity contribution in [3.63, 3.8) is 0 Å². The number of amidine groups is 1. The van der Waals surface area contributed by atoms with Crippen LogP contribution in [0.15, 0.2) is 21.7 Å². The van der Waals surface area contributed by atoms with E-state index < -0.39 is 30.7 Å². The van der Waals surface area contributed by atoms with E-state index in [2.05, 4.69) is 9.98 Å². The molecular weight excluding hydrogens is 339 g/mol. The Kier molecular flexibility index (Phi) is 7.95. The Hall–Kier alpha value is -1.28. The number of hydrogen-bond acceptors (Lipinski definition) is 3. The lowest BCUT2D eigenvalue weighted by atomic mass is 9.72. The minimum Gasteiger partial charge on any atom is -0.400 e. The van der Waals surface area contributed by atoms with E-state index in [1.807, 2.05) is 48.7 Å². The molecule has 2 unspecified atom stereocenters. The summed E-state index contributed by atoms with van der Waals surface area (Å²) in [4.78, 5) is 10.4. The van der Waals surface area contributed by atoms with E-state index >= 15 is 0 Å². The van der Waals surface area contributed by atoms with E-state index in [9.17, 15) is 8.78 Å². The summed E-state index contributed by atoms with van der Waals surface area (Å²) in [6, 6.07) is 0. The zero-order valence-electron chi connectivity index (χ0n) is 17.2. The van der Waals surface area contributed by atoms with E-state index in [1.165, 1.54) is 13.1 Å². The third kappa shape index (κ3) is 5.36. The molecule has 0 amide bonds. The van der Waals surface area contributed by atoms with Gasteiger partial charge in [-0.15, -0.1) is 0 Å². The van der Waals surface area contributed by atoms with Crippen LogP contribution in [0.25, 0.3) is 0 Å². The summed E-state index contributed by atoms with van der Waals surface area (Å²) in [5, 5.41) is 0. The van der Waals surface area contributed by atoms with E-state index in [0.717, 1.165) is 0 Å². The standard InChI is InChI=1S/C18H32BF2N3O2/c1-9-15(23-12-24(7)8)22-11-14(13(3)16(20)21)19-25-17(4,5)18(6,10-2)26-19/h11-13,16H,9-10H2,1-8H3/b14-11+,22-15?,23-12?. The fourth-order valence-corrected chi connectivity index (χ4v) is 2.53. The molecule has 0 N–H and O–H groups in total. The van der Waals surface area contributed by atoms with Gasteiger partial charge in [0.1, 0.15) is 5.84 Å². The molecule has 1 aliphatic rings. The second-order valence-electron chi connectivity index (χ2n) is 7.52. The van der Waals surface area contributed by atoms with Gasteiger partial charge in [0.05, 0.1) is 17.5 Å². The summed E-state index contributed by atoms with van der Waals surface area (Å²) >= 11 is 0. The topological polar surface area (TPSA) is 46.4 Å². The summed E-state index contributed by atoms with van der Waals surface area (Å²) in [5.41, 5.74) is -0.816. The van der Waals surface area contributed by atoms with Gasteiger partial charge in [0.15, 0.2) is 0 Å². The Morgan fingerprint density at radius 1 is 1.19 bits per heavy atom. The van der Waals surface area contributed by atoms with Crippen LogP contribution in [0.3, 0.4) is 0 Å². The van der Waals surface area contributed by atoms with Crippen LogP contribution in [-0.4, -0.2) is 55.9 Å². The normalized spacial score (nSPS) is 25.4. The van der Waals surface area contributed by atoms with Crippen LogP contribution < -0.4 is 0 Å². The van der Waals surface area contributed by atoms with Gasteiger partial charge in [-0.05, 0) is 32.7 Å². The molecule has 148 valence electrons. The zero-order valence-corrected chi connectivity index (χ0v) is 17.2. The van der Waals surface area contributed by atoms with Gasteiger partial charge in [-0.3, -0.25) is 0 Å². The van der Waals surface area contributed by atoms with Crippen LogP contribution in [0.4, 0.5) is 8.78 Å². The van der Waals surface area contributed by atoms with E-state index in [4.69, 9.17) is 9.31 Å². The van der Waals surface area contributed by atoms with Crippen molar-refractivity contribution < 1.29 is 18.1 Å². The SMILES string of the molecule is CCC(N=CN(C)C)=N/C=C(/B1OC(C)(C)C(C)(CC)O1)C(C)C(F)F. The molecule has 1 rings (SSSR count). The zero-order chi connectivity index (χ0) is 20.1. The number of hydrogen-bond donors (Lipinski definition) is 0. The van der Waals surface area contributed by atoms with Gasteiger partial charge >= 0.3 is 7.12 Å². The Morgan fingerprint density at radius 2 is 1.81 bits per heavy atom. The minimum atomic E-state index is -2.53. The molecule has 1 fully saturated rings. The average Bonchev–Trinajstić information content (AvgIpc) is 2.80. The Morgan fingerprint density at radius 3 is 2.23 bits per heavy atom. The monoisotopic (exact) mass is 371 g/mol. The maximum Gasteiger partial charge on any atom is 0.492 e. The first kappa shape index (κ1) is 22.8. The Balaban J connectivity index is 3.22. The molecule has 8 heteroatoms. The molecule has 1 saturated heterocycles. The Labute approximate surface area is 156 Å². The molecule has 0 saturated carbocycles. The lowest BCUT2D eigenvalue weighted by Gasteiger charge is -2.35. The number of nitrogens with zero attached hydrogens (tertiary/aromatic N) is 3. The quantitative estimate of drug-likeness (QED) is 0.383. The van der Waals surface area contributed by atoms with Crippen molar-refractivity contribution in [2.75, 3.05) is 14.1 Å². The van der Waals surface area contributed by atoms with Gasteiger partial charge in [-0.25, -0.2) is 18.8 Å². The van der Waals surface area contributed by atoms with Crippen molar-refractivity contribution in [1.82, 2.24) is 4.90 Å². The highest BCUT2D eigenvalue weighted by Gasteiger charge is 2.55. The summed E-state index contributed by atoms with van der Waals surface area (Å²) < 4.78 is 38.9. The maximum absolute atomic E-state index is 13.4. The van der Waals surface area contributed by atoms with Gasteiger partial charge in [0.25, 0.3) is 0 Å². The van der Waals surface area contributed by atoms with Crippen molar-refractivity contribution in [2.45, 2.75) is 72.0 Å². The third-order valence-corrected chi connectivity index (χ3v) is 5.01. The number of alkyl halides is 2. The first-order chi connectivity index (χ1) is 12.0. The number of rotatable bonds is 7. The van der Waals surface area contributed by atoms with Crippen LogP contribution >= 0.6 is 0 Å². The summed E-state index contributed by atoms with van der Waals surface area (Å²) in [6.07, 6.45) is 1.83.